The van der Waals surface area contributed by atoms with Crippen LogP contribution in [0.5, 0.6) is 0 Å². The summed E-state index contributed by atoms with van der Waals surface area (Å²) in [6, 6.07) is 10.0. The van der Waals surface area contributed by atoms with Crippen LogP contribution in [0.2, 0.25) is 0 Å². The van der Waals surface area contributed by atoms with Gasteiger partial charge in [-0.25, -0.2) is 0 Å². The van der Waals surface area contributed by atoms with E-state index in [0.717, 1.165) is 38.7 Å². The van der Waals surface area contributed by atoms with E-state index in [4.69, 9.17) is 0 Å². The van der Waals surface area contributed by atoms with Gasteiger partial charge in [0, 0.05) is 69.0 Å². The van der Waals surface area contributed by atoms with Crippen LogP contribution in [-0.4, -0.2) is 67.7 Å². The maximum absolute atomic E-state index is 4.43. The zero-order valence-electron chi connectivity index (χ0n) is 17.2. The van der Waals surface area contributed by atoms with E-state index in [-0.39, 0.29) is 0 Å². The van der Waals surface area contributed by atoms with Crippen LogP contribution < -0.4 is 15.5 Å². The van der Waals surface area contributed by atoms with Gasteiger partial charge in [0.15, 0.2) is 5.96 Å². The lowest BCUT2D eigenvalue weighted by atomic mass is 10.1. The second-order valence-electron chi connectivity index (χ2n) is 7.97. The lowest BCUT2D eigenvalue weighted by molar-refractivity contribution is 0.265. The Balaban J connectivity index is 1.49. The third-order valence-corrected chi connectivity index (χ3v) is 6.63. The highest BCUT2D eigenvalue weighted by molar-refractivity contribution is 7.99. The molecule has 3 rings (SSSR count). The SMILES string of the molecule is CN=C(NCc1ccc(N2CCSCC2)cc1)NC1CN(C(C)C)CC1C. The predicted octanol–water partition coefficient (Wildman–Crippen LogP) is 2.63. The fourth-order valence-electron chi connectivity index (χ4n) is 3.82. The lowest BCUT2D eigenvalue weighted by Crippen LogP contribution is -2.46. The number of thioether (sulfide) groups is 1. The van der Waals surface area contributed by atoms with Crippen molar-refractivity contribution in [1.82, 2.24) is 15.5 Å². The molecule has 2 unspecified atom stereocenters. The zero-order valence-corrected chi connectivity index (χ0v) is 18.1. The largest absolute Gasteiger partial charge is 0.370 e. The average molecular weight is 390 g/mol. The molecule has 0 aromatic heterocycles. The predicted molar refractivity (Wildman–Crippen MR) is 119 cm³/mol. The molecule has 0 saturated carbocycles. The van der Waals surface area contributed by atoms with Crippen molar-refractivity contribution in [3.8, 4) is 0 Å². The number of rotatable bonds is 5. The number of nitrogens with zero attached hydrogens (tertiary/aromatic N) is 3. The Labute approximate surface area is 169 Å². The summed E-state index contributed by atoms with van der Waals surface area (Å²) in [5, 5.41) is 7.10. The van der Waals surface area contributed by atoms with Gasteiger partial charge in [0.1, 0.15) is 0 Å². The van der Waals surface area contributed by atoms with Gasteiger partial charge < -0.3 is 15.5 Å². The molecule has 0 radical (unpaired) electrons. The summed E-state index contributed by atoms with van der Waals surface area (Å²) in [7, 11) is 1.85. The van der Waals surface area contributed by atoms with E-state index in [1.807, 2.05) is 18.8 Å². The Morgan fingerprint density at radius 1 is 1.19 bits per heavy atom. The third kappa shape index (κ3) is 5.55. The first kappa shape index (κ1) is 20.3. The van der Waals surface area contributed by atoms with Gasteiger partial charge in [0.05, 0.1) is 0 Å². The van der Waals surface area contributed by atoms with Crippen molar-refractivity contribution in [3.63, 3.8) is 0 Å². The van der Waals surface area contributed by atoms with Crippen molar-refractivity contribution in [2.24, 2.45) is 10.9 Å². The Morgan fingerprint density at radius 3 is 2.48 bits per heavy atom. The van der Waals surface area contributed by atoms with Crippen LogP contribution in [0.4, 0.5) is 5.69 Å². The minimum absolute atomic E-state index is 0.456. The summed E-state index contributed by atoms with van der Waals surface area (Å²) in [6.07, 6.45) is 0. The molecule has 0 bridgehead atoms. The molecule has 0 aliphatic carbocycles. The molecular formula is C21H35N5S. The molecule has 2 atom stereocenters. The Kier molecular flexibility index (Phi) is 7.30. The van der Waals surface area contributed by atoms with Gasteiger partial charge in [-0.2, -0.15) is 11.8 Å². The van der Waals surface area contributed by atoms with Crippen LogP contribution in [0.15, 0.2) is 29.3 Å². The molecule has 0 amide bonds. The molecule has 2 fully saturated rings. The van der Waals surface area contributed by atoms with Crippen molar-refractivity contribution < 1.29 is 0 Å². The van der Waals surface area contributed by atoms with Crippen molar-refractivity contribution in [3.05, 3.63) is 29.8 Å². The molecule has 2 N–H and O–H groups in total. The summed E-state index contributed by atoms with van der Waals surface area (Å²) in [5.74, 6) is 4.00. The van der Waals surface area contributed by atoms with Gasteiger partial charge in [-0.3, -0.25) is 9.89 Å². The first-order valence-electron chi connectivity index (χ1n) is 10.2. The smallest absolute Gasteiger partial charge is 0.191 e. The minimum atomic E-state index is 0.456. The van der Waals surface area contributed by atoms with Crippen LogP contribution in [0.1, 0.15) is 26.3 Å². The number of guanidine groups is 1. The topological polar surface area (TPSA) is 42.9 Å². The zero-order chi connectivity index (χ0) is 19.2. The van der Waals surface area contributed by atoms with Gasteiger partial charge in [-0.1, -0.05) is 19.1 Å². The number of hydrogen-bond acceptors (Lipinski definition) is 4. The first-order valence-corrected chi connectivity index (χ1v) is 11.3. The van der Waals surface area contributed by atoms with Crippen LogP contribution in [0.3, 0.4) is 0 Å². The summed E-state index contributed by atoms with van der Waals surface area (Å²) in [5.41, 5.74) is 2.63. The molecule has 6 heteroatoms. The second kappa shape index (κ2) is 9.69. The highest BCUT2D eigenvalue weighted by atomic mass is 32.2. The van der Waals surface area contributed by atoms with Crippen LogP contribution >= 0.6 is 11.8 Å². The Morgan fingerprint density at radius 2 is 1.89 bits per heavy atom. The summed E-state index contributed by atoms with van der Waals surface area (Å²) in [4.78, 5) is 9.44. The standard InChI is InChI=1S/C21H35N5S/c1-16(2)26-14-17(3)20(15-26)24-21(22-4)23-13-18-5-7-19(8-6-18)25-9-11-27-12-10-25/h5-8,16-17,20H,9-15H2,1-4H3,(H2,22,23,24). The molecule has 1 aromatic rings. The van der Waals surface area contributed by atoms with E-state index in [1.165, 1.54) is 22.8 Å². The molecule has 2 aliphatic heterocycles. The maximum Gasteiger partial charge on any atom is 0.191 e. The van der Waals surface area contributed by atoms with E-state index in [0.29, 0.717) is 18.0 Å². The van der Waals surface area contributed by atoms with E-state index in [2.05, 4.69) is 70.5 Å². The van der Waals surface area contributed by atoms with Crippen molar-refractivity contribution in [2.75, 3.05) is 49.6 Å². The average Bonchev–Trinajstić information content (AvgIpc) is 3.07. The normalized spacial score (nSPS) is 24.5. The molecule has 2 aliphatic rings. The summed E-state index contributed by atoms with van der Waals surface area (Å²) >= 11 is 2.05. The Hall–Kier alpha value is -1.40. The fourth-order valence-corrected chi connectivity index (χ4v) is 4.72. The van der Waals surface area contributed by atoms with Gasteiger partial charge in [-0.15, -0.1) is 0 Å². The molecule has 5 nitrogen and oxygen atoms in total. The molecular weight excluding hydrogens is 354 g/mol. The van der Waals surface area contributed by atoms with Crippen molar-refractivity contribution in [2.45, 2.75) is 39.4 Å². The highest BCUT2D eigenvalue weighted by Gasteiger charge is 2.31. The first-order chi connectivity index (χ1) is 13.1. The van der Waals surface area contributed by atoms with Crippen LogP contribution in [0, 0.1) is 5.92 Å². The lowest BCUT2D eigenvalue weighted by Gasteiger charge is -2.28. The van der Waals surface area contributed by atoms with E-state index < -0.39 is 0 Å². The molecule has 0 spiro atoms. The van der Waals surface area contributed by atoms with Gasteiger partial charge in [0.2, 0.25) is 0 Å². The van der Waals surface area contributed by atoms with E-state index >= 15 is 0 Å². The molecule has 2 heterocycles. The molecule has 150 valence electrons. The monoisotopic (exact) mass is 389 g/mol. The fraction of sp³-hybridized carbons (Fsp3) is 0.667. The maximum atomic E-state index is 4.43. The number of nitrogens with one attached hydrogen (secondary N) is 2. The van der Waals surface area contributed by atoms with E-state index in [1.54, 1.807) is 0 Å². The van der Waals surface area contributed by atoms with Crippen LogP contribution in [-0.2, 0) is 6.54 Å². The number of hydrogen-bond donors (Lipinski definition) is 2. The molecule has 27 heavy (non-hydrogen) atoms. The van der Waals surface area contributed by atoms with Crippen molar-refractivity contribution >= 4 is 23.4 Å². The van der Waals surface area contributed by atoms with Gasteiger partial charge in [0.25, 0.3) is 0 Å². The van der Waals surface area contributed by atoms with Crippen LogP contribution in [0.25, 0.3) is 0 Å². The highest BCUT2D eigenvalue weighted by Crippen LogP contribution is 2.20. The third-order valence-electron chi connectivity index (χ3n) is 5.69. The number of anilines is 1. The second-order valence-corrected chi connectivity index (χ2v) is 9.19. The summed E-state index contributed by atoms with van der Waals surface area (Å²) in [6.45, 7) is 12.2. The van der Waals surface area contributed by atoms with E-state index in [9.17, 15) is 0 Å². The number of benzene rings is 1. The molecule has 2 saturated heterocycles. The van der Waals surface area contributed by atoms with Gasteiger partial charge >= 0.3 is 0 Å². The Bertz CT molecular complexity index is 610. The van der Waals surface area contributed by atoms with Crippen molar-refractivity contribution in [1.29, 1.82) is 0 Å². The number of likely N-dealkylation sites (tertiary alicyclic amines) is 1. The minimum Gasteiger partial charge on any atom is -0.370 e. The quantitative estimate of drug-likeness (QED) is 0.599. The van der Waals surface area contributed by atoms with Gasteiger partial charge in [-0.05, 0) is 37.5 Å². The molecule has 1 aromatic carbocycles. The summed E-state index contributed by atoms with van der Waals surface area (Å²) < 4.78 is 0. The number of aliphatic imine (C=N–C) groups is 1.